The number of urea groups is 1. The SMILES string of the molecule is Cc1cc(NC(=O)NC(C)C(=O)NCc2ccco2)no1. The molecule has 0 spiro atoms. The van der Waals surface area contributed by atoms with Crippen molar-refractivity contribution >= 4 is 17.8 Å². The van der Waals surface area contributed by atoms with Crippen molar-refractivity contribution in [3.05, 3.63) is 36.0 Å². The van der Waals surface area contributed by atoms with Gasteiger partial charge in [-0.3, -0.25) is 10.1 Å². The number of rotatable bonds is 5. The molecule has 0 saturated carbocycles. The number of carbonyl (C=O) groups is 2. The molecule has 0 bridgehead atoms. The van der Waals surface area contributed by atoms with E-state index in [1.54, 1.807) is 32.0 Å². The highest BCUT2D eigenvalue weighted by molar-refractivity contribution is 5.92. The van der Waals surface area contributed by atoms with Crippen LogP contribution in [0.2, 0.25) is 0 Å². The second kappa shape index (κ2) is 6.60. The molecule has 0 aliphatic rings. The van der Waals surface area contributed by atoms with Gasteiger partial charge in [0.05, 0.1) is 12.8 Å². The predicted molar refractivity (Wildman–Crippen MR) is 73.4 cm³/mol. The van der Waals surface area contributed by atoms with Gasteiger partial charge in [0.25, 0.3) is 0 Å². The van der Waals surface area contributed by atoms with Crippen LogP contribution in [0.25, 0.3) is 0 Å². The van der Waals surface area contributed by atoms with Gasteiger partial charge in [-0.2, -0.15) is 0 Å². The third kappa shape index (κ3) is 4.37. The minimum atomic E-state index is -0.701. The van der Waals surface area contributed by atoms with E-state index in [1.807, 2.05) is 0 Å². The fourth-order valence-corrected chi connectivity index (χ4v) is 1.58. The summed E-state index contributed by atoms with van der Waals surface area (Å²) in [6.45, 7) is 3.55. The maximum atomic E-state index is 11.8. The van der Waals surface area contributed by atoms with Crippen molar-refractivity contribution in [2.45, 2.75) is 26.4 Å². The Balaban J connectivity index is 1.75. The molecule has 2 rings (SSSR count). The summed E-state index contributed by atoms with van der Waals surface area (Å²) >= 11 is 0. The summed E-state index contributed by atoms with van der Waals surface area (Å²) in [5.74, 6) is 1.18. The summed E-state index contributed by atoms with van der Waals surface area (Å²) in [6.07, 6.45) is 1.52. The zero-order valence-corrected chi connectivity index (χ0v) is 11.7. The van der Waals surface area contributed by atoms with Crippen LogP contribution in [-0.2, 0) is 11.3 Å². The van der Waals surface area contributed by atoms with Crippen molar-refractivity contribution in [2.75, 3.05) is 5.32 Å². The Bertz CT molecular complexity index is 605. The first-order chi connectivity index (χ1) is 10.0. The third-order valence-electron chi connectivity index (χ3n) is 2.63. The minimum Gasteiger partial charge on any atom is -0.467 e. The molecule has 2 aromatic heterocycles. The maximum Gasteiger partial charge on any atom is 0.321 e. The van der Waals surface area contributed by atoms with Crippen LogP contribution >= 0.6 is 0 Å². The second-order valence-electron chi connectivity index (χ2n) is 4.44. The van der Waals surface area contributed by atoms with Crippen molar-refractivity contribution in [3.8, 4) is 0 Å². The Hall–Kier alpha value is -2.77. The van der Waals surface area contributed by atoms with Crippen LogP contribution < -0.4 is 16.0 Å². The number of nitrogens with one attached hydrogen (secondary N) is 3. The molecule has 0 aliphatic carbocycles. The van der Waals surface area contributed by atoms with Gasteiger partial charge in [0.2, 0.25) is 5.91 Å². The number of furan rings is 1. The van der Waals surface area contributed by atoms with Gasteiger partial charge in [0.1, 0.15) is 17.6 Å². The Morgan fingerprint density at radius 2 is 2.24 bits per heavy atom. The van der Waals surface area contributed by atoms with Gasteiger partial charge in [-0.15, -0.1) is 0 Å². The summed E-state index contributed by atoms with van der Waals surface area (Å²) in [5, 5.41) is 11.2. The molecule has 2 heterocycles. The summed E-state index contributed by atoms with van der Waals surface area (Å²) in [5.41, 5.74) is 0. The van der Waals surface area contributed by atoms with Crippen LogP contribution in [0.4, 0.5) is 10.6 Å². The smallest absolute Gasteiger partial charge is 0.321 e. The lowest BCUT2D eigenvalue weighted by atomic mass is 10.3. The lowest BCUT2D eigenvalue weighted by Gasteiger charge is -2.13. The molecule has 1 unspecified atom stereocenters. The first kappa shape index (κ1) is 14.6. The number of hydrogen-bond donors (Lipinski definition) is 3. The van der Waals surface area contributed by atoms with Crippen molar-refractivity contribution in [2.24, 2.45) is 0 Å². The van der Waals surface area contributed by atoms with Crippen molar-refractivity contribution < 1.29 is 18.5 Å². The lowest BCUT2D eigenvalue weighted by Crippen LogP contribution is -2.46. The number of anilines is 1. The molecule has 2 aromatic rings. The van der Waals surface area contributed by atoms with Crippen molar-refractivity contribution in [1.82, 2.24) is 15.8 Å². The molecule has 112 valence electrons. The molecule has 0 aliphatic heterocycles. The number of nitrogens with zero attached hydrogens (tertiary/aromatic N) is 1. The molecule has 8 nitrogen and oxygen atoms in total. The molecule has 0 radical (unpaired) electrons. The van der Waals surface area contributed by atoms with Gasteiger partial charge in [0.15, 0.2) is 5.82 Å². The number of carbonyl (C=O) groups excluding carboxylic acids is 2. The monoisotopic (exact) mass is 292 g/mol. The van der Waals surface area contributed by atoms with E-state index < -0.39 is 12.1 Å². The van der Waals surface area contributed by atoms with Crippen molar-refractivity contribution in [1.29, 1.82) is 0 Å². The molecular formula is C13H16N4O4. The first-order valence-electron chi connectivity index (χ1n) is 6.35. The standard InChI is InChI=1S/C13H16N4O4/c1-8-6-11(17-21-8)16-13(19)15-9(2)12(18)14-7-10-4-3-5-20-10/h3-6,9H,7H2,1-2H3,(H,14,18)(H2,15,16,17,19). The fourth-order valence-electron chi connectivity index (χ4n) is 1.58. The highest BCUT2D eigenvalue weighted by Gasteiger charge is 2.16. The molecule has 21 heavy (non-hydrogen) atoms. The molecule has 3 N–H and O–H groups in total. The highest BCUT2D eigenvalue weighted by Crippen LogP contribution is 2.06. The zero-order valence-electron chi connectivity index (χ0n) is 11.7. The van der Waals surface area contributed by atoms with Crippen molar-refractivity contribution in [3.63, 3.8) is 0 Å². The summed E-state index contributed by atoms with van der Waals surface area (Å²) in [4.78, 5) is 23.5. The quantitative estimate of drug-likeness (QED) is 0.771. The van der Waals surface area contributed by atoms with E-state index in [4.69, 9.17) is 8.94 Å². The number of aryl methyl sites for hydroxylation is 1. The predicted octanol–water partition coefficient (Wildman–Crippen LogP) is 1.40. The van der Waals surface area contributed by atoms with E-state index in [1.165, 1.54) is 6.26 Å². The summed E-state index contributed by atoms with van der Waals surface area (Å²) in [6, 6.07) is 3.81. The van der Waals surface area contributed by atoms with E-state index >= 15 is 0 Å². The minimum absolute atomic E-state index is 0.266. The Kier molecular flexibility index (Phi) is 4.60. The van der Waals surface area contributed by atoms with E-state index in [9.17, 15) is 9.59 Å². The molecule has 0 saturated heterocycles. The van der Waals surface area contributed by atoms with Gasteiger partial charge >= 0.3 is 6.03 Å². The normalized spacial score (nSPS) is 11.7. The Labute approximate surface area is 120 Å². The Morgan fingerprint density at radius 3 is 2.86 bits per heavy atom. The van der Waals surface area contributed by atoms with Crippen LogP contribution in [0.1, 0.15) is 18.4 Å². The summed E-state index contributed by atoms with van der Waals surface area (Å²) in [7, 11) is 0. The van der Waals surface area contributed by atoms with Gasteiger partial charge in [-0.1, -0.05) is 5.16 Å². The number of aromatic nitrogens is 1. The van der Waals surface area contributed by atoms with E-state index in [-0.39, 0.29) is 18.3 Å². The lowest BCUT2D eigenvalue weighted by molar-refractivity contribution is -0.122. The zero-order chi connectivity index (χ0) is 15.2. The molecule has 3 amide bonds. The van der Waals surface area contributed by atoms with E-state index in [2.05, 4.69) is 21.1 Å². The average Bonchev–Trinajstić information content (AvgIpc) is 3.07. The van der Waals surface area contributed by atoms with Crippen LogP contribution in [0.15, 0.2) is 33.4 Å². The molecule has 0 fully saturated rings. The molecule has 8 heteroatoms. The van der Waals surface area contributed by atoms with Crippen LogP contribution in [-0.4, -0.2) is 23.1 Å². The number of hydrogen-bond acceptors (Lipinski definition) is 5. The van der Waals surface area contributed by atoms with Gasteiger partial charge in [-0.25, -0.2) is 4.79 Å². The van der Waals surface area contributed by atoms with Gasteiger partial charge in [-0.05, 0) is 26.0 Å². The maximum absolute atomic E-state index is 11.8. The van der Waals surface area contributed by atoms with Gasteiger partial charge in [0, 0.05) is 6.07 Å². The highest BCUT2D eigenvalue weighted by atomic mass is 16.5. The third-order valence-corrected chi connectivity index (χ3v) is 2.63. The van der Waals surface area contributed by atoms with E-state index in [0.717, 1.165) is 0 Å². The molecule has 0 aromatic carbocycles. The van der Waals surface area contributed by atoms with Gasteiger partial charge < -0.3 is 19.6 Å². The number of amides is 3. The second-order valence-corrected chi connectivity index (χ2v) is 4.44. The van der Waals surface area contributed by atoms with Crippen LogP contribution in [0.5, 0.6) is 0 Å². The molecular weight excluding hydrogens is 276 g/mol. The van der Waals surface area contributed by atoms with Crippen LogP contribution in [0, 0.1) is 6.92 Å². The van der Waals surface area contributed by atoms with E-state index in [0.29, 0.717) is 11.5 Å². The Morgan fingerprint density at radius 1 is 1.43 bits per heavy atom. The average molecular weight is 292 g/mol. The summed E-state index contributed by atoms with van der Waals surface area (Å²) < 4.78 is 9.91. The fraction of sp³-hybridized carbons (Fsp3) is 0.308. The topological polar surface area (TPSA) is 109 Å². The molecule has 1 atom stereocenters. The first-order valence-corrected chi connectivity index (χ1v) is 6.35. The van der Waals surface area contributed by atoms with Crippen LogP contribution in [0.3, 0.4) is 0 Å². The largest absolute Gasteiger partial charge is 0.467 e.